The van der Waals surface area contributed by atoms with Crippen LogP contribution in [-0.4, -0.2) is 27.2 Å². The minimum Gasteiger partial charge on any atom is -0.454 e. The summed E-state index contributed by atoms with van der Waals surface area (Å²) in [5, 5.41) is 12.2. The summed E-state index contributed by atoms with van der Waals surface area (Å²) in [6.07, 6.45) is 1.68. The van der Waals surface area contributed by atoms with Gasteiger partial charge in [0.15, 0.2) is 11.4 Å². The number of hydrogen-bond donors (Lipinski definition) is 2. The summed E-state index contributed by atoms with van der Waals surface area (Å²) in [5.41, 5.74) is 2.10. The number of anilines is 1. The molecule has 0 aliphatic rings. The van der Waals surface area contributed by atoms with Gasteiger partial charge in [0, 0.05) is 17.5 Å². The van der Waals surface area contributed by atoms with E-state index in [0.717, 1.165) is 16.4 Å². The van der Waals surface area contributed by atoms with Gasteiger partial charge in [-0.3, -0.25) is 5.10 Å². The highest BCUT2D eigenvalue weighted by molar-refractivity contribution is 6.31. The second-order valence-electron chi connectivity index (χ2n) is 4.57. The highest BCUT2D eigenvalue weighted by Gasteiger charge is 2.15. The van der Waals surface area contributed by atoms with E-state index in [1.54, 1.807) is 19.3 Å². The van der Waals surface area contributed by atoms with Crippen LogP contribution < -0.4 is 5.32 Å². The average molecular weight is 300 g/mol. The average Bonchev–Trinajstić information content (AvgIpc) is 3.11. The Labute approximate surface area is 124 Å². The van der Waals surface area contributed by atoms with Gasteiger partial charge in [0.2, 0.25) is 5.95 Å². The van der Waals surface area contributed by atoms with Crippen molar-refractivity contribution >= 4 is 39.6 Å². The first-order chi connectivity index (χ1) is 10.2. The summed E-state index contributed by atoms with van der Waals surface area (Å²) in [7, 11) is 1.76. The van der Waals surface area contributed by atoms with E-state index < -0.39 is 0 Å². The molecule has 4 aromatic rings. The van der Waals surface area contributed by atoms with Gasteiger partial charge in [-0.15, -0.1) is 0 Å². The van der Waals surface area contributed by atoms with E-state index >= 15 is 0 Å². The number of nitrogens with one attached hydrogen (secondary N) is 2. The van der Waals surface area contributed by atoms with E-state index in [4.69, 9.17) is 16.0 Å². The van der Waals surface area contributed by atoms with Crippen LogP contribution in [0, 0.1) is 0 Å². The predicted octanol–water partition coefficient (Wildman–Crippen LogP) is 3.46. The Kier molecular flexibility index (Phi) is 2.58. The molecular formula is C14H10ClN5O. The predicted molar refractivity (Wildman–Crippen MR) is 81.4 cm³/mol. The van der Waals surface area contributed by atoms with Gasteiger partial charge in [-0.05, 0) is 24.3 Å². The Morgan fingerprint density at radius 1 is 1.24 bits per heavy atom. The second-order valence-corrected chi connectivity index (χ2v) is 5.01. The second kappa shape index (κ2) is 4.46. The minimum absolute atomic E-state index is 0.500. The van der Waals surface area contributed by atoms with Crippen molar-refractivity contribution in [3.8, 4) is 11.5 Å². The molecule has 0 unspecified atom stereocenters. The van der Waals surface area contributed by atoms with Crippen molar-refractivity contribution in [2.75, 3.05) is 12.4 Å². The number of H-pyrrole nitrogens is 1. The van der Waals surface area contributed by atoms with Gasteiger partial charge in [0.05, 0.1) is 11.6 Å². The fourth-order valence-corrected chi connectivity index (χ4v) is 2.45. The third kappa shape index (κ3) is 1.92. The molecule has 0 bridgehead atoms. The molecule has 0 amide bonds. The lowest BCUT2D eigenvalue weighted by molar-refractivity contribution is 0.629. The van der Waals surface area contributed by atoms with Gasteiger partial charge < -0.3 is 9.73 Å². The summed E-state index contributed by atoms with van der Waals surface area (Å²) < 4.78 is 5.87. The van der Waals surface area contributed by atoms with Crippen LogP contribution in [0.15, 0.2) is 34.9 Å². The number of hydrogen-bond acceptors (Lipinski definition) is 5. The van der Waals surface area contributed by atoms with E-state index in [-0.39, 0.29) is 0 Å². The Balaban J connectivity index is 2.00. The molecule has 0 atom stereocenters. The number of aromatic amines is 1. The summed E-state index contributed by atoms with van der Waals surface area (Å²) in [4.78, 5) is 8.78. The molecule has 0 radical (unpaired) electrons. The normalized spacial score (nSPS) is 11.3. The van der Waals surface area contributed by atoms with Crippen LogP contribution in [-0.2, 0) is 0 Å². The van der Waals surface area contributed by atoms with Crippen molar-refractivity contribution in [3.63, 3.8) is 0 Å². The van der Waals surface area contributed by atoms with E-state index in [2.05, 4.69) is 25.5 Å². The zero-order valence-corrected chi connectivity index (χ0v) is 11.8. The molecule has 0 aliphatic carbocycles. The molecule has 0 fully saturated rings. The van der Waals surface area contributed by atoms with E-state index in [1.165, 1.54) is 0 Å². The molecule has 3 aromatic heterocycles. The van der Waals surface area contributed by atoms with Crippen LogP contribution in [0.4, 0.5) is 5.95 Å². The maximum absolute atomic E-state index is 6.01. The Morgan fingerprint density at radius 3 is 3.00 bits per heavy atom. The summed E-state index contributed by atoms with van der Waals surface area (Å²) >= 11 is 6.01. The molecule has 0 saturated carbocycles. The fraction of sp³-hybridized carbons (Fsp3) is 0.0714. The summed E-state index contributed by atoms with van der Waals surface area (Å²) in [5.74, 6) is 1.15. The Hall–Kier alpha value is -2.60. The van der Waals surface area contributed by atoms with Crippen LogP contribution in [0.3, 0.4) is 0 Å². The Bertz CT molecular complexity index is 958. The topological polar surface area (TPSA) is 79.6 Å². The number of aromatic nitrogens is 4. The fourth-order valence-electron chi connectivity index (χ4n) is 2.27. The highest BCUT2D eigenvalue weighted by Crippen LogP contribution is 2.32. The molecule has 4 rings (SSSR count). The van der Waals surface area contributed by atoms with Gasteiger partial charge in [0.1, 0.15) is 11.3 Å². The van der Waals surface area contributed by atoms with Gasteiger partial charge in [-0.1, -0.05) is 11.6 Å². The molecule has 1 aromatic carbocycles. The van der Waals surface area contributed by atoms with E-state index in [9.17, 15) is 0 Å². The summed E-state index contributed by atoms with van der Waals surface area (Å²) in [6.45, 7) is 0. The van der Waals surface area contributed by atoms with Crippen molar-refractivity contribution < 1.29 is 4.42 Å². The maximum atomic E-state index is 6.01. The van der Waals surface area contributed by atoms with Gasteiger partial charge >= 0.3 is 0 Å². The molecule has 104 valence electrons. The number of furan rings is 1. The lowest BCUT2D eigenvalue weighted by atomic mass is 10.2. The lowest BCUT2D eigenvalue weighted by Crippen LogP contribution is -1.98. The lowest BCUT2D eigenvalue weighted by Gasteiger charge is -2.02. The highest BCUT2D eigenvalue weighted by atomic mass is 35.5. The quantitative estimate of drug-likeness (QED) is 0.592. The van der Waals surface area contributed by atoms with E-state index in [1.807, 2.05) is 18.2 Å². The number of nitrogens with zero attached hydrogens (tertiary/aromatic N) is 3. The first kappa shape index (κ1) is 12.2. The van der Waals surface area contributed by atoms with Gasteiger partial charge in [0.25, 0.3) is 0 Å². The van der Waals surface area contributed by atoms with Crippen molar-refractivity contribution in [1.29, 1.82) is 0 Å². The zero-order valence-electron chi connectivity index (χ0n) is 11.0. The Morgan fingerprint density at radius 2 is 2.14 bits per heavy atom. The largest absolute Gasteiger partial charge is 0.454 e. The molecule has 0 saturated heterocycles. The van der Waals surface area contributed by atoms with Crippen molar-refractivity contribution in [3.05, 3.63) is 35.5 Å². The van der Waals surface area contributed by atoms with Gasteiger partial charge in [-0.2, -0.15) is 10.1 Å². The number of benzene rings is 1. The molecule has 6 nitrogen and oxygen atoms in total. The zero-order chi connectivity index (χ0) is 14.4. The molecular weight excluding hydrogens is 290 g/mol. The van der Waals surface area contributed by atoms with Crippen LogP contribution in [0.2, 0.25) is 5.02 Å². The third-order valence-electron chi connectivity index (χ3n) is 3.25. The number of halogens is 1. The summed E-state index contributed by atoms with van der Waals surface area (Å²) in [6, 6.07) is 7.41. The number of fused-ring (bicyclic) bond motifs is 2. The molecule has 0 spiro atoms. The first-order valence-electron chi connectivity index (χ1n) is 6.33. The maximum Gasteiger partial charge on any atom is 0.225 e. The minimum atomic E-state index is 0.500. The van der Waals surface area contributed by atoms with Crippen molar-refractivity contribution in [2.24, 2.45) is 0 Å². The van der Waals surface area contributed by atoms with Crippen LogP contribution in [0.5, 0.6) is 0 Å². The van der Waals surface area contributed by atoms with Crippen LogP contribution >= 0.6 is 11.6 Å². The van der Waals surface area contributed by atoms with Crippen LogP contribution in [0.1, 0.15) is 0 Å². The van der Waals surface area contributed by atoms with Crippen molar-refractivity contribution in [1.82, 2.24) is 20.2 Å². The third-order valence-corrected chi connectivity index (χ3v) is 3.48. The molecule has 21 heavy (non-hydrogen) atoms. The van der Waals surface area contributed by atoms with Crippen molar-refractivity contribution in [2.45, 2.75) is 0 Å². The standard InChI is InChI=1S/C14H10ClN5O/c1-16-14-18-12(9-6-17-20-13(9)19-14)11-5-7-4-8(15)2-3-10(7)21-11/h2-6H,1H3,(H2,16,17,18,19,20). The molecule has 3 heterocycles. The number of rotatable bonds is 2. The molecule has 2 N–H and O–H groups in total. The van der Waals surface area contributed by atoms with E-state index in [0.29, 0.717) is 28.1 Å². The monoisotopic (exact) mass is 299 g/mol. The van der Waals surface area contributed by atoms with Crippen LogP contribution in [0.25, 0.3) is 33.5 Å². The van der Waals surface area contributed by atoms with Gasteiger partial charge in [-0.25, -0.2) is 4.98 Å². The molecule has 0 aliphatic heterocycles. The molecule has 7 heteroatoms. The SMILES string of the molecule is CNc1nc(-c2cc3cc(Cl)ccc3o2)c2cn[nH]c2n1. The first-order valence-corrected chi connectivity index (χ1v) is 6.71. The smallest absolute Gasteiger partial charge is 0.225 e.